The minimum atomic E-state index is -2.55. The molecule has 0 fully saturated rings. The van der Waals surface area contributed by atoms with Crippen LogP contribution in [0.2, 0.25) is 23.2 Å². The van der Waals surface area contributed by atoms with Crippen molar-refractivity contribution in [3.8, 4) is 0 Å². The fourth-order valence-electron chi connectivity index (χ4n) is 6.97. The van der Waals surface area contributed by atoms with Crippen LogP contribution in [-0.2, 0) is 8.85 Å². The Bertz CT molecular complexity index is 1210. The molecule has 1 N–H and O–H groups in total. The van der Waals surface area contributed by atoms with Crippen molar-refractivity contribution in [3.63, 3.8) is 0 Å². The highest BCUT2D eigenvalue weighted by molar-refractivity contribution is 6.99. The van der Waals surface area contributed by atoms with E-state index in [1.807, 2.05) is 0 Å². The van der Waals surface area contributed by atoms with E-state index >= 15 is 0 Å². The zero-order valence-electron chi connectivity index (χ0n) is 29.8. The lowest BCUT2D eigenvalue weighted by Crippen LogP contribution is -2.66. The van der Waals surface area contributed by atoms with Crippen molar-refractivity contribution in [1.82, 2.24) is 0 Å². The standard InChI is InChI=1S/C39H62O3Si2/c1-30(28-35(40)36-31(2)25-26-32(39(36,9)10)29-42-43(11,12)37(3,4)5)20-19-27-41-44(38(6,7)8,33-21-15-13-16-22-33)34-23-17-14-18-24-34/h13-18,21-24,32,35,40H,1,19-20,25-29H2,2-12H3. The van der Waals surface area contributed by atoms with Crippen molar-refractivity contribution >= 4 is 27.0 Å². The SMILES string of the molecule is C=C(CCCO[Si](c1ccccc1)(c1ccccc1)C(C)(C)C)CC(O)C1=C(C)CCC(CO[Si](C)(C)C(C)(C)C)C1(C)C. The van der Waals surface area contributed by atoms with Crippen molar-refractivity contribution in [2.45, 2.75) is 124 Å². The van der Waals surface area contributed by atoms with E-state index in [9.17, 15) is 5.11 Å². The molecule has 0 spiro atoms. The second-order valence-corrected chi connectivity index (χ2v) is 25.4. The van der Waals surface area contributed by atoms with E-state index in [4.69, 9.17) is 8.85 Å². The van der Waals surface area contributed by atoms with Crippen molar-refractivity contribution in [1.29, 1.82) is 0 Å². The zero-order valence-corrected chi connectivity index (χ0v) is 31.8. The summed E-state index contributed by atoms with van der Waals surface area (Å²) < 4.78 is 13.8. The van der Waals surface area contributed by atoms with Gasteiger partial charge in [0.25, 0.3) is 8.32 Å². The van der Waals surface area contributed by atoms with Gasteiger partial charge in [0.05, 0.1) is 6.10 Å². The summed E-state index contributed by atoms with van der Waals surface area (Å²) in [7, 11) is -4.38. The van der Waals surface area contributed by atoms with Crippen molar-refractivity contribution < 1.29 is 14.0 Å². The molecule has 0 radical (unpaired) electrons. The number of hydrogen-bond acceptors (Lipinski definition) is 3. The van der Waals surface area contributed by atoms with E-state index in [-0.39, 0.29) is 15.5 Å². The van der Waals surface area contributed by atoms with Gasteiger partial charge in [-0.3, -0.25) is 0 Å². The Morgan fingerprint density at radius 2 is 1.43 bits per heavy atom. The average Bonchev–Trinajstić information content (AvgIpc) is 2.92. The Hall–Kier alpha value is -1.77. The Labute approximate surface area is 272 Å². The molecule has 0 saturated heterocycles. The molecule has 244 valence electrons. The molecule has 44 heavy (non-hydrogen) atoms. The highest BCUT2D eigenvalue weighted by Crippen LogP contribution is 2.48. The molecule has 5 heteroatoms. The molecule has 1 aliphatic rings. The predicted molar refractivity (Wildman–Crippen MR) is 195 cm³/mol. The smallest absolute Gasteiger partial charge is 0.261 e. The largest absolute Gasteiger partial charge is 0.417 e. The molecule has 2 aromatic rings. The summed E-state index contributed by atoms with van der Waals surface area (Å²) in [5, 5.41) is 14.4. The van der Waals surface area contributed by atoms with Gasteiger partial charge in [-0.05, 0) is 89.5 Å². The van der Waals surface area contributed by atoms with Crippen molar-refractivity contribution in [2.75, 3.05) is 13.2 Å². The summed E-state index contributed by atoms with van der Waals surface area (Å²) in [5.74, 6) is 0.401. The second-order valence-electron chi connectivity index (χ2n) is 16.3. The highest BCUT2D eigenvalue weighted by atomic mass is 28.4. The molecular formula is C39H62O3Si2. The topological polar surface area (TPSA) is 38.7 Å². The number of benzene rings is 2. The predicted octanol–water partition coefficient (Wildman–Crippen LogP) is 9.42. The molecule has 3 rings (SSSR count). The molecule has 1 aliphatic carbocycles. The summed E-state index contributed by atoms with van der Waals surface area (Å²) in [6.45, 7) is 31.2. The van der Waals surface area contributed by atoms with E-state index < -0.39 is 22.7 Å². The fourth-order valence-corrected chi connectivity index (χ4v) is 12.6. The van der Waals surface area contributed by atoms with E-state index in [0.29, 0.717) is 18.9 Å². The van der Waals surface area contributed by atoms with Gasteiger partial charge in [-0.2, -0.15) is 0 Å². The summed E-state index contributed by atoms with van der Waals surface area (Å²) in [4.78, 5) is 0. The molecular weight excluding hydrogens is 573 g/mol. The monoisotopic (exact) mass is 634 g/mol. The lowest BCUT2D eigenvalue weighted by Gasteiger charge is -2.46. The molecule has 0 bridgehead atoms. The van der Waals surface area contributed by atoms with Crippen LogP contribution < -0.4 is 10.4 Å². The van der Waals surface area contributed by atoms with Gasteiger partial charge in [0, 0.05) is 13.2 Å². The van der Waals surface area contributed by atoms with Crippen LogP contribution in [0, 0.1) is 11.3 Å². The van der Waals surface area contributed by atoms with Crippen molar-refractivity contribution in [2.24, 2.45) is 11.3 Å². The van der Waals surface area contributed by atoms with Gasteiger partial charge in [-0.1, -0.05) is 134 Å². The molecule has 0 aliphatic heterocycles. The number of hydrogen-bond donors (Lipinski definition) is 1. The normalized spacial score (nSPS) is 18.8. The maximum absolute atomic E-state index is 11.6. The van der Waals surface area contributed by atoms with E-state index in [1.54, 1.807) is 0 Å². The quantitative estimate of drug-likeness (QED) is 0.136. The Balaban J connectivity index is 1.67. The van der Waals surface area contributed by atoms with Crippen LogP contribution in [0.1, 0.15) is 94.4 Å². The van der Waals surface area contributed by atoms with Crippen LogP contribution in [0.25, 0.3) is 0 Å². The maximum Gasteiger partial charge on any atom is 0.261 e. The minimum Gasteiger partial charge on any atom is -0.417 e. The molecule has 2 unspecified atom stereocenters. The van der Waals surface area contributed by atoms with Crippen LogP contribution in [-0.4, -0.2) is 41.1 Å². The molecule has 0 amide bonds. The Kier molecular flexibility index (Phi) is 12.0. The fraction of sp³-hybridized carbons (Fsp3) is 0.590. The summed E-state index contributed by atoms with van der Waals surface area (Å²) in [6, 6.07) is 21.7. The van der Waals surface area contributed by atoms with Gasteiger partial charge in [0.2, 0.25) is 0 Å². The van der Waals surface area contributed by atoms with Crippen LogP contribution in [0.5, 0.6) is 0 Å². The lowest BCUT2D eigenvalue weighted by atomic mass is 9.63. The third kappa shape index (κ3) is 8.14. The highest BCUT2D eigenvalue weighted by Gasteiger charge is 2.50. The van der Waals surface area contributed by atoms with Gasteiger partial charge in [-0.15, -0.1) is 0 Å². The van der Waals surface area contributed by atoms with E-state index in [2.05, 4.69) is 143 Å². The number of aliphatic hydroxyl groups is 1. The first-order chi connectivity index (χ1) is 20.3. The van der Waals surface area contributed by atoms with E-state index in [1.165, 1.54) is 21.5 Å². The van der Waals surface area contributed by atoms with Gasteiger partial charge < -0.3 is 14.0 Å². The van der Waals surface area contributed by atoms with Crippen molar-refractivity contribution in [3.05, 3.63) is 84.0 Å². The van der Waals surface area contributed by atoms with E-state index in [0.717, 1.165) is 37.9 Å². The maximum atomic E-state index is 11.6. The number of aliphatic hydroxyl groups excluding tert-OH is 1. The molecule has 0 heterocycles. The third-order valence-corrected chi connectivity index (χ3v) is 20.3. The van der Waals surface area contributed by atoms with Gasteiger partial charge >= 0.3 is 0 Å². The first-order valence-corrected chi connectivity index (χ1v) is 21.6. The van der Waals surface area contributed by atoms with Crippen LogP contribution in [0.15, 0.2) is 84.0 Å². The summed E-state index contributed by atoms with van der Waals surface area (Å²) in [6.07, 6.45) is 3.97. The van der Waals surface area contributed by atoms with Gasteiger partial charge in [0.1, 0.15) is 0 Å². The number of rotatable bonds is 13. The molecule has 0 aromatic heterocycles. The van der Waals surface area contributed by atoms with Crippen LogP contribution in [0.3, 0.4) is 0 Å². The lowest BCUT2D eigenvalue weighted by molar-refractivity contribution is 0.0944. The summed E-state index contributed by atoms with van der Waals surface area (Å²) >= 11 is 0. The summed E-state index contributed by atoms with van der Waals surface area (Å²) in [5.41, 5.74) is 3.53. The molecule has 2 aromatic carbocycles. The van der Waals surface area contributed by atoms with Crippen LogP contribution in [0.4, 0.5) is 0 Å². The third-order valence-electron chi connectivity index (χ3n) is 10.7. The zero-order chi connectivity index (χ0) is 33.0. The Morgan fingerprint density at radius 1 is 0.909 bits per heavy atom. The minimum absolute atomic E-state index is 0.0374. The number of allylic oxidation sites excluding steroid dienone is 1. The van der Waals surface area contributed by atoms with Crippen LogP contribution >= 0.6 is 0 Å². The molecule has 2 atom stereocenters. The molecule has 0 saturated carbocycles. The first-order valence-electron chi connectivity index (χ1n) is 16.8. The Morgan fingerprint density at radius 3 is 1.91 bits per heavy atom. The first kappa shape index (κ1) is 36.7. The van der Waals surface area contributed by atoms with Gasteiger partial charge in [-0.25, -0.2) is 0 Å². The average molecular weight is 635 g/mol. The second kappa shape index (κ2) is 14.3. The molecule has 3 nitrogen and oxygen atoms in total. The van der Waals surface area contributed by atoms with Gasteiger partial charge in [0.15, 0.2) is 8.32 Å².